The molecule has 2 heterocycles. The van der Waals surface area contributed by atoms with E-state index in [1.54, 1.807) is 31.4 Å². The van der Waals surface area contributed by atoms with Crippen LogP contribution in [0.3, 0.4) is 0 Å². The average molecular weight is 435 g/mol. The Balaban J connectivity index is 1.65. The van der Waals surface area contributed by atoms with Crippen molar-refractivity contribution in [2.45, 2.75) is 31.6 Å². The molecule has 8 nitrogen and oxygen atoms in total. The zero-order valence-electron chi connectivity index (χ0n) is 18.0. The van der Waals surface area contributed by atoms with Crippen molar-refractivity contribution < 1.29 is 17.9 Å². The van der Waals surface area contributed by atoms with E-state index < -0.39 is 10.0 Å². The summed E-state index contributed by atoms with van der Waals surface area (Å²) in [5, 5.41) is 0. The molecule has 1 fully saturated rings. The summed E-state index contributed by atoms with van der Waals surface area (Å²) < 4.78 is 38.0. The van der Waals surface area contributed by atoms with Crippen LogP contribution in [-0.4, -0.2) is 69.2 Å². The van der Waals surface area contributed by atoms with E-state index in [4.69, 9.17) is 9.47 Å². The van der Waals surface area contributed by atoms with Gasteiger partial charge in [0.1, 0.15) is 24.0 Å². The van der Waals surface area contributed by atoms with Crippen molar-refractivity contribution >= 4 is 15.8 Å². The molecule has 30 heavy (non-hydrogen) atoms. The van der Waals surface area contributed by atoms with Gasteiger partial charge in [-0.2, -0.15) is 4.31 Å². The molecular formula is C21H30N4O4S. The van der Waals surface area contributed by atoms with Crippen LogP contribution in [0, 0.1) is 6.92 Å². The van der Waals surface area contributed by atoms with E-state index >= 15 is 0 Å². The second-order valence-corrected chi connectivity index (χ2v) is 9.52. The summed E-state index contributed by atoms with van der Waals surface area (Å²) in [6.45, 7) is 8.99. The number of piperazine rings is 1. The topological polar surface area (TPSA) is 84.9 Å². The van der Waals surface area contributed by atoms with Gasteiger partial charge in [0.2, 0.25) is 10.0 Å². The highest BCUT2D eigenvalue weighted by molar-refractivity contribution is 7.89. The highest BCUT2D eigenvalue weighted by atomic mass is 32.2. The molecule has 1 aliphatic heterocycles. The minimum absolute atomic E-state index is 0.242. The lowest BCUT2D eigenvalue weighted by atomic mass is 10.2. The Labute approximate surface area is 178 Å². The standard InChI is InChI=1S/C21H30N4O4S/c1-16(2)21-22-17(3)15-20(23-21)24-9-11-25(12-10-24)30(26,27)19-7-5-18(6-8-19)29-14-13-28-4/h5-8,15-16H,9-14H2,1-4H3. The van der Waals surface area contributed by atoms with Crippen LogP contribution in [0.15, 0.2) is 35.2 Å². The minimum Gasteiger partial charge on any atom is -0.491 e. The van der Waals surface area contributed by atoms with Crippen molar-refractivity contribution in [1.82, 2.24) is 14.3 Å². The van der Waals surface area contributed by atoms with E-state index in [1.807, 2.05) is 13.0 Å². The fourth-order valence-corrected chi connectivity index (χ4v) is 4.67. The van der Waals surface area contributed by atoms with Crippen molar-refractivity contribution in [2.75, 3.05) is 51.4 Å². The molecule has 2 aromatic rings. The molecule has 3 rings (SSSR count). The number of hydrogen-bond acceptors (Lipinski definition) is 7. The van der Waals surface area contributed by atoms with Gasteiger partial charge in [0.05, 0.1) is 11.5 Å². The van der Waals surface area contributed by atoms with Crippen LogP contribution in [0.2, 0.25) is 0 Å². The molecule has 0 radical (unpaired) electrons. The Kier molecular flexibility index (Phi) is 7.27. The third kappa shape index (κ3) is 5.27. The molecule has 0 atom stereocenters. The van der Waals surface area contributed by atoms with Crippen molar-refractivity contribution in [3.8, 4) is 5.75 Å². The van der Waals surface area contributed by atoms with E-state index in [2.05, 4.69) is 28.7 Å². The lowest BCUT2D eigenvalue weighted by Gasteiger charge is -2.35. The third-order valence-electron chi connectivity index (χ3n) is 4.95. The molecule has 0 N–H and O–H groups in total. The van der Waals surface area contributed by atoms with Gasteiger partial charge in [0.15, 0.2) is 0 Å². The summed E-state index contributed by atoms with van der Waals surface area (Å²) in [5.41, 5.74) is 0.923. The zero-order chi connectivity index (χ0) is 21.7. The number of anilines is 1. The fourth-order valence-electron chi connectivity index (χ4n) is 3.25. The van der Waals surface area contributed by atoms with Crippen LogP contribution < -0.4 is 9.64 Å². The number of methoxy groups -OCH3 is 1. The molecule has 0 amide bonds. The molecule has 1 aromatic carbocycles. The number of benzene rings is 1. The van der Waals surface area contributed by atoms with Gasteiger partial charge in [-0.1, -0.05) is 13.8 Å². The monoisotopic (exact) mass is 434 g/mol. The summed E-state index contributed by atoms with van der Waals surface area (Å²) in [6.07, 6.45) is 0. The maximum absolute atomic E-state index is 13.0. The van der Waals surface area contributed by atoms with Crippen LogP contribution in [0.25, 0.3) is 0 Å². The molecule has 1 saturated heterocycles. The van der Waals surface area contributed by atoms with Gasteiger partial charge < -0.3 is 14.4 Å². The Bertz CT molecular complexity index is 940. The quantitative estimate of drug-likeness (QED) is 0.590. The number of ether oxygens (including phenoxy) is 2. The summed E-state index contributed by atoms with van der Waals surface area (Å²) in [5.74, 6) is 2.54. The first-order valence-corrected chi connectivity index (χ1v) is 11.6. The van der Waals surface area contributed by atoms with Crippen LogP contribution in [0.5, 0.6) is 5.75 Å². The van der Waals surface area contributed by atoms with Gasteiger partial charge in [0, 0.05) is 51.0 Å². The molecule has 1 aromatic heterocycles. The van der Waals surface area contributed by atoms with Gasteiger partial charge in [-0.15, -0.1) is 0 Å². The highest BCUT2D eigenvalue weighted by Gasteiger charge is 2.29. The molecule has 1 aliphatic rings. The van der Waals surface area contributed by atoms with Crippen LogP contribution in [-0.2, 0) is 14.8 Å². The van der Waals surface area contributed by atoms with E-state index in [0.717, 1.165) is 17.3 Å². The van der Waals surface area contributed by atoms with E-state index in [1.165, 1.54) is 4.31 Å². The molecular weight excluding hydrogens is 404 g/mol. The first kappa shape index (κ1) is 22.5. The van der Waals surface area contributed by atoms with E-state index in [0.29, 0.717) is 45.1 Å². The Morgan fingerprint density at radius 1 is 1.03 bits per heavy atom. The number of hydrogen-bond donors (Lipinski definition) is 0. The summed E-state index contributed by atoms with van der Waals surface area (Å²) in [4.78, 5) is 11.6. The predicted octanol–water partition coefficient (Wildman–Crippen LogP) is 2.44. The van der Waals surface area contributed by atoms with Gasteiger partial charge in [-0.25, -0.2) is 18.4 Å². The van der Waals surface area contributed by atoms with Crippen molar-refractivity contribution in [3.63, 3.8) is 0 Å². The Morgan fingerprint density at radius 2 is 1.70 bits per heavy atom. The molecule has 9 heteroatoms. The first-order valence-electron chi connectivity index (χ1n) is 10.1. The van der Waals surface area contributed by atoms with Gasteiger partial charge in [0.25, 0.3) is 0 Å². The number of aryl methyl sites for hydroxylation is 1. The van der Waals surface area contributed by atoms with Crippen molar-refractivity contribution in [1.29, 1.82) is 0 Å². The number of sulfonamides is 1. The smallest absolute Gasteiger partial charge is 0.243 e. The Morgan fingerprint density at radius 3 is 2.30 bits per heavy atom. The molecule has 0 bridgehead atoms. The molecule has 0 saturated carbocycles. The normalized spacial score (nSPS) is 15.6. The van der Waals surface area contributed by atoms with Crippen LogP contribution >= 0.6 is 0 Å². The highest BCUT2D eigenvalue weighted by Crippen LogP contribution is 2.23. The second-order valence-electron chi connectivity index (χ2n) is 7.58. The lowest BCUT2D eigenvalue weighted by molar-refractivity contribution is 0.146. The molecule has 0 spiro atoms. The molecule has 0 unspecified atom stereocenters. The van der Waals surface area contributed by atoms with Crippen LogP contribution in [0.4, 0.5) is 5.82 Å². The maximum atomic E-state index is 13.0. The van der Waals surface area contributed by atoms with Gasteiger partial charge in [-0.05, 0) is 31.2 Å². The summed E-state index contributed by atoms with van der Waals surface area (Å²) in [7, 11) is -1.94. The number of nitrogens with zero attached hydrogens (tertiary/aromatic N) is 4. The van der Waals surface area contributed by atoms with E-state index in [-0.39, 0.29) is 10.8 Å². The maximum Gasteiger partial charge on any atom is 0.243 e. The van der Waals surface area contributed by atoms with E-state index in [9.17, 15) is 8.42 Å². The average Bonchev–Trinajstić information content (AvgIpc) is 2.74. The fraction of sp³-hybridized carbons (Fsp3) is 0.524. The largest absolute Gasteiger partial charge is 0.491 e. The van der Waals surface area contributed by atoms with Crippen molar-refractivity contribution in [3.05, 3.63) is 41.9 Å². The lowest BCUT2D eigenvalue weighted by Crippen LogP contribution is -2.49. The van der Waals surface area contributed by atoms with Gasteiger partial charge in [-0.3, -0.25) is 0 Å². The predicted molar refractivity (Wildman–Crippen MR) is 116 cm³/mol. The number of aromatic nitrogens is 2. The Hall–Kier alpha value is -2.23. The van der Waals surface area contributed by atoms with Gasteiger partial charge >= 0.3 is 0 Å². The van der Waals surface area contributed by atoms with Crippen molar-refractivity contribution in [2.24, 2.45) is 0 Å². The van der Waals surface area contributed by atoms with Crippen LogP contribution in [0.1, 0.15) is 31.3 Å². The third-order valence-corrected chi connectivity index (χ3v) is 6.87. The molecule has 164 valence electrons. The first-order chi connectivity index (χ1) is 14.3. The zero-order valence-corrected chi connectivity index (χ0v) is 18.9. The summed E-state index contributed by atoms with van der Waals surface area (Å²) >= 11 is 0. The second kappa shape index (κ2) is 9.72. The minimum atomic E-state index is -3.55. The SMILES string of the molecule is COCCOc1ccc(S(=O)(=O)N2CCN(c3cc(C)nc(C(C)C)n3)CC2)cc1. The summed E-state index contributed by atoms with van der Waals surface area (Å²) in [6, 6.07) is 8.49. The molecule has 0 aliphatic carbocycles. The number of rotatable bonds is 8.